The number of hydrogen-bond acceptors (Lipinski definition) is 4. The number of imidazole rings is 1. The number of halogens is 2. The summed E-state index contributed by atoms with van der Waals surface area (Å²) < 4.78 is 8.60. The van der Waals surface area contributed by atoms with E-state index in [-0.39, 0.29) is 5.38 Å². The first-order chi connectivity index (χ1) is 9.99. The van der Waals surface area contributed by atoms with E-state index >= 15 is 0 Å². The lowest BCUT2D eigenvalue weighted by Crippen LogP contribution is -2.19. The molecule has 1 atom stereocenters. The second kappa shape index (κ2) is 7.54. The maximum Gasteiger partial charge on any atom is 0.160 e. The molecular formula is C14H20BrClN4O. The molecule has 0 bridgehead atoms. The number of rotatable bonds is 7. The van der Waals surface area contributed by atoms with E-state index in [1.807, 2.05) is 31.7 Å². The molecule has 0 amide bonds. The van der Waals surface area contributed by atoms with Crippen LogP contribution in [0.15, 0.2) is 16.7 Å². The van der Waals surface area contributed by atoms with Gasteiger partial charge in [0.05, 0.1) is 18.6 Å². The molecule has 0 radical (unpaired) electrons. The van der Waals surface area contributed by atoms with Gasteiger partial charge in [-0.1, -0.05) is 0 Å². The monoisotopic (exact) mass is 374 g/mol. The minimum absolute atomic E-state index is 0.167. The number of fused-ring (bicyclic) bond motifs is 1. The highest BCUT2D eigenvalue weighted by Crippen LogP contribution is 2.24. The lowest BCUT2D eigenvalue weighted by atomic mass is 10.4. The maximum atomic E-state index is 6.23. The number of ether oxygens (including phenoxy) is 1. The standard InChI is InChI=1S/C14H20BrClN4O/c1-10(16)13-18-12-8-11(15)9-17-14(12)20(13)5-7-21-6-4-19(2)3/h8-10H,4-7H2,1-3H3. The Labute approximate surface area is 138 Å². The molecule has 2 aromatic heterocycles. The van der Waals surface area contributed by atoms with Crippen LogP contribution in [0.2, 0.25) is 0 Å². The highest BCUT2D eigenvalue weighted by atomic mass is 79.9. The Kier molecular flexibility index (Phi) is 5.98. The fraction of sp³-hybridized carbons (Fsp3) is 0.571. The molecular weight excluding hydrogens is 356 g/mol. The molecule has 0 aliphatic rings. The molecule has 2 aromatic rings. The average Bonchev–Trinajstić information content (AvgIpc) is 2.76. The lowest BCUT2D eigenvalue weighted by molar-refractivity contribution is 0.111. The first-order valence-corrected chi connectivity index (χ1v) is 8.10. The van der Waals surface area contributed by atoms with Gasteiger partial charge in [-0.05, 0) is 43.0 Å². The van der Waals surface area contributed by atoms with Crippen LogP contribution in [0.1, 0.15) is 18.1 Å². The van der Waals surface area contributed by atoms with Gasteiger partial charge in [0.1, 0.15) is 11.3 Å². The Hall–Kier alpha value is -0.690. The van der Waals surface area contributed by atoms with Gasteiger partial charge in [0.25, 0.3) is 0 Å². The Morgan fingerprint density at radius 1 is 1.43 bits per heavy atom. The molecule has 0 N–H and O–H groups in total. The average molecular weight is 376 g/mol. The maximum absolute atomic E-state index is 6.23. The van der Waals surface area contributed by atoms with Crippen LogP contribution in [-0.2, 0) is 11.3 Å². The molecule has 0 spiro atoms. The van der Waals surface area contributed by atoms with Gasteiger partial charge in [0.15, 0.2) is 5.65 Å². The quantitative estimate of drug-likeness (QED) is 0.551. The minimum atomic E-state index is -0.167. The van der Waals surface area contributed by atoms with Crippen molar-refractivity contribution in [2.45, 2.75) is 18.8 Å². The van der Waals surface area contributed by atoms with Crippen LogP contribution in [0.4, 0.5) is 0 Å². The van der Waals surface area contributed by atoms with Crippen molar-refractivity contribution in [2.75, 3.05) is 33.9 Å². The van der Waals surface area contributed by atoms with Crippen LogP contribution in [-0.4, -0.2) is 53.3 Å². The normalized spacial score (nSPS) is 13.2. The van der Waals surface area contributed by atoms with E-state index in [9.17, 15) is 0 Å². The van der Waals surface area contributed by atoms with Crippen LogP contribution in [0.5, 0.6) is 0 Å². The summed E-state index contributed by atoms with van der Waals surface area (Å²) in [7, 11) is 4.06. The second-order valence-electron chi connectivity index (χ2n) is 5.15. The molecule has 0 saturated heterocycles. The number of nitrogens with zero attached hydrogens (tertiary/aromatic N) is 4. The summed E-state index contributed by atoms with van der Waals surface area (Å²) >= 11 is 9.65. The van der Waals surface area contributed by atoms with E-state index in [0.717, 1.165) is 28.0 Å². The number of aromatic nitrogens is 3. The summed E-state index contributed by atoms with van der Waals surface area (Å²) in [5.41, 5.74) is 1.69. The van der Waals surface area contributed by atoms with Crippen LogP contribution in [0.25, 0.3) is 11.2 Å². The Bertz CT molecular complexity index is 600. The van der Waals surface area contributed by atoms with E-state index in [2.05, 4.69) is 30.8 Å². The molecule has 1 unspecified atom stereocenters. The summed E-state index contributed by atoms with van der Waals surface area (Å²) in [6.07, 6.45) is 1.77. The topological polar surface area (TPSA) is 43.2 Å². The second-order valence-corrected chi connectivity index (χ2v) is 6.72. The Morgan fingerprint density at radius 2 is 2.19 bits per heavy atom. The van der Waals surface area contributed by atoms with Crippen molar-refractivity contribution < 1.29 is 4.74 Å². The van der Waals surface area contributed by atoms with E-state index in [1.54, 1.807) is 6.20 Å². The smallest absolute Gasteiger partial charge is 0.160 e. The Balaban J connectivity index is 2.11. The number of hydrogen-bond donors (Lipinski definition) is 0. The predicted molar refractivity (Wildman–Crippen MR) is 88.9 cm³/mol. The summed E-state index contributed by atoms with van der Waals surface area (Å²) in [6, 6.07) is 1.95. The first-order valence-electron chi connectivity index (χ1n) is 6.87. The molecule has 21 heavy (non-hydrogen) atoms. The van der Waals surface area contributed by atoms with Crippen molar-refractivity contribution in [3.8, 4) is 0 Å². The van der Waals surface area contributed by atoms with E-state index in [4.69, 9.17) is 16.3 Å². The molecule has 0 aliphatic heterocycles. The van der Waals surface area contributed by atoms with Crippen LogP contribution >= 0.6 is 27.5 Å². The third-order valence-corrected chi connectivity index (χ3v) is 3.71. The van der Waals surface area contributed by atoms with Crippen LogP contribution < -0.4 is 0 Å². The zero-order chi connectivity index (χ0) is 15.4. The van der Waals surface area contributed by atoms with E-state index < -0.39 is 0 Å². The fourth-order valence-electron chi connectivity index (χ4n) is 2.03. The Morgan fingerprint density at radius 3 is 2.86 bits per heavy atom. The van der Waals surface area contributed by atoms with Gasteiger partial charge in [-0.15, -0.1) is 11.6 Å². The zero-order valence-corrected chi connectivity index (χ0v) is 14.9. The number of likely N-dealkylation sites (N-methyl/N-ethyl adjacent to an activating group) is 1. The molecule has 0 aromatic carbocycles. The highest BCUT2D eigenvalue weighted by molar-refractivity contribution is 9.10. The van der Waals surface area contributed by atoms with Gasteiger partial charge in [0.2, 0.25) is 0 Å². The summed E-state index contributed by atoms with van der Waals surface area (Å²) in [4.78, 5) is 11.1. The largest absolute Gasteiger partial charge is 0.378 e. The highest BCUT2D eigenvalue weighted by Gasteiger charge is 2.15. The molecule has 0 fully saturated rings. The van der Waals surface area contributed by atoms with Crippen molar-refractivity contribution in [2.24, 2.45) is 0 Å². The van der Waals surface area contributed by atoms with Crippen molar-refractivity contribution >= 4 is 38.7 Å². The predicted octanol–water partition coefficient (Wildman–Crippen LogP) is 3.07. The third-order valence-electron chi connectivity index (χ3n) is 3.08. The summed E-state index contributed by atoms with van der Waals surface area (Å²) in [6.45, 7) is 4.86. The summed E-state index contributed by atoms with van der Waals surface area (Å²) in [5.74, 6) is 0.827. The van der Waals surface area contributed by atoms with E-state index in [1.165, 1.54) is 0 Å². The van der Waals surface area contributed by atoms with E-state index in [0.29, 0.717) is 19.8 Å². The SMILES string of the molecule is CC(Cl)c1nc2cc(Br)cnc2n1CCOCCN(C)C. The van der Waals surface area contributed by atoms with Gasteiger partial charge in [-0.3, -0.25) is 0 Å². The van der Waals surface area contributed by atoms with Gasteiger partial charge < -0.3 is 14.2 Å². The minimum Gasteiger partial charge on any atom is -0.378 e. The third kappa shape index (κ3) is 4.39. The molecule has 5 nitrogen and oxygen atoms in total. The van der Waals surface area contributed by atoms with Gasteiger partial charge in [-0.25, -0.2) is 9.97 Å². The lowest BCUT2D eigenvalue weighted by Gasteiger charge is -2.12. The molecule has 7 heteroatoms. The number of alkyl halides is 1. The van der Waals surface area contributed by atoms with Crippen LogP contribution in [0, 0.1) is 0 Å². The van der Waals surface area contributed by atoms with Crippen molar-refractivity contribution in [3.63, 3.8) is 0 Å². The van der Waals surface area contributed by atoms with Crippen molar-refractivity contribution in [3.05, 3.63) is 22.6 Å². The number of pyridine rings is 1. The van der Waals surface area contributed by atoms with Gasteiger partial charge in [-0.2, -0.15) is 0 Å². The zero-order valence-electron chi connectivity index (χ0n) is 12.5. The molecule has 2 heterocycles. The van der Waals surface area contributed by atoms with Gasteiger partial charge >= 0.3 is 0 Å². The van der Waals surface area contributed by atoms with Crippen molar-refractivity contribution in [1.29, 1.82) is 0 Å². The molecule has 0 aliphatic carbocycles. The molecule has 116 valence electrons. The van der Waals surface area contributed by atoms with Gasteiger partial charge in [0, 0.05) is 23.8 Å². The molecule has 0 saturated carbocycles. The summed E-state index contributed by atoms with van der Waals surface area (Å²) in [5, 5.41) is -0.167. The first kappa shape index (κ1) is 16.7. The van der Waals surface area contributed by atoms with Crippen molar-refractivity contribution in [1.82, 2.24) is 19.4 Å². The van der Waals surface area contributed by atoms with Crippen LogP contribution in [0.3, 0.4) is 0 Å². The fourth-order valence-corrected chi connectivity index (χ4v) is 2.52. The molecule has 2 rings (SSSR count).